The van der Waals surface area contributed by atoms with Crippen molar-refractivity contribution in [2.24, 2.45) is 10.7 Å². The molecule has 1 aliphatic heterocycles. The minimum Gasteiger partial charge on any atom is -0.429 e. The average Bonchev–Trinajstić information content (AvgIpc) is 2.45. The Labute approximate surface area is 140 Å². The summed E-state index contributed by atoms with van der Waals surface area (Å²) >= 11 is 0. The Bertz CT molecular complexity index is 700. The quantitative estimate of drug-likeness (QED) is 0.866. The summed E-state index contributed by atoms with van der Waals surface area (Å²) in [5, 5.41) is 2.63. The van der Waals surface area contributed by atoms with Crippen molar-refractivity contribution in [1.29, 1.82) is 0 Å². The van der Waals surface area contributed by atoms with Crippen molar-refractivity contribution < 1.29 is 18.7 Å². The molecule has 3 N–H and O–H groups in total. The molecule has 7 heteroatoms. The Morgan fingerprint density at radius 3 is 2.83 bits per heavy atom. The number of amides is 1. The van der Waals surface area contributed by atoms with Crippen LogP contribution in [0.4, 0.5) is 10.1 Å². The number of halogens is 1. The first-order valence-electron chi connectivity index (χ1n) is 7.64. The molecule has 0 aromatic heterocycles. The van der Waals surface area contributed by atoms with Gasteiger partial charge in [0.2, 0.25) is 5.91 Å². The summed E-state index contributed by atoms with van der Waals surface area (Å²) in [5.74, 6) is -0.234. The topological polar surface area (TPSA) is 85.9 Å². The van der Waals surface area contributed by atoms with Crippen LogP contribution >= 0.6 is 0 Å². The number of hydrogen-bond acceptors (Lipinski definition) is 5. The average molecular weight is 335 g/mol. The first-order valence-corrected chi connectivity index (χ1v) is 7.64. The molecule has 1 amide bonds. The number of nitrogens with zero attached hydrogens (tertiary/aromatic N) is 1. The fraction of sp³-hybridized carbons (Fsp3) is 0.412. The summed E-state index contributed by atoms with van der Waals surface area (Å²) in [6, 6.07) is 4.25. The van der Waals surface area contributed by atoms with Crippen molar-refractivity contribution in [2.75, 3.05) is 11.9 Å². The Hall–Kier alpha value is -2.41. The summed E-state index contributed by atoms with van der Waals surface area (Å²) in [7, 11) is 0. The van der Waals surface area contributed by atoms with E-state index in [0.29, 0.717) is 11.4 Å². The lowest BCUT2D eigenvalue weighted by molar-refractivity contribution is -0.114. The van der Waals surface area contributed by atoms with Crippen LogP contribution in [0.2, 0.25) is 0 Å². The number of rotatable bonds is 5. The Balaban J connectivity index is 2.39. The van der Waals surface area contributed by atoms with Crippen molar-refractivity contribution in [3.05, 3.63) is 41.4 Å². The second-order valence-electron chi connectivity index (χ2n) is 6.05. The van der Waals surface area contributed by atoms with Crippen molar-refractivity contribution in [2.45, 2.75) is 39.3 Å². The van der Waals surface area contributed by atoms with Gasteiger partial charge in [0.25, 0.3) is 6.02 Å². The lowest BCUT2D eigenvalue weighted by Gasteiger charge is -2.29. The predicted molar refractivity (Wildman–Crippen MR) is 89.9 cm³/mol. The first kappa shape index (κ1) is 17.9. The number of nitrogens with two attached hydrogens (primary N) is 1. The van der Waals surface area contributed by atoms with Crippen LogP contribution in [-0.4, -0.2) is 24.6 Å². The second kappa shape index (κ2) is 7.00. The molecule has 0 saturated heterocycles. The molecule has 0 unspecified atom stereocenters. The summed E-state index contributed by atoms with van der Waals surface area (Å²) < 4.78 is 25.3. The van der Waals surface area contributed by atoms with E-state index in [1.165, 1.54) is 25.1 Å². The molecule has 1 atom stereocenters. The number of carbonyl (C=O) groups is 1. The normalized spacial score (nSPS) is 20.2. The van der Waals surface area contributed by atoms with E-state index < -0.39 is 11.4 Å². The number of nitrogens with one attached hydrogen (secondary N) is 1. The predicted octanol–water partition coefficient (Wildman–Crippen LogP) is 2.65. The number of benzene rings is 1. The van der Waals surface area contributed by atoms with Crippen LogP contribution < -0.4 is 11.1 Å². The highest BCUT2D eigenvalue weighted by molar-refractivity contribution is 5.88. The van der Waals surface area contributed by atoms with Gasteiger partial charge >= 0.3 is 0 Å². The number of carbonyl (C=O) groups excluding carboxylic acids is 1. The van der Waals surface area contributed by atoms with Gasteiger partial charge in [-0.15, -0.1) is 0 Å². The zero-order valence-electron chi connectivity index (χ0n) is 14.2. The van der Waals surface area contributed by atoms with Crippen molar-refractivity contribution >= 4 is 17.6 Å². The third-order valence-electron chi connectivity index (χ3n) is 3.41. The number of aliphatic imine (C=N–C) groups is 1. The van der Waals surface area contributed by atoms with Crippen LogP contribution in [0.15, 0.2) is 35.0 Å². The molecule has 24 heavy (non-hydrogen) atoms. The van der Waals surface area contributed by atoms with E-state index in [4.69, 9.17) is 15.2 Å². The smallest absolute Gasteiger partial charge is 0.288 e. The fourth-order valence-electron chi connectivity index (χ4n) is 2.41. The molecule has 2 rings (SSSR count). The minimum absolute atomic E-state index is 0.0145. The molecule has 6 nitrogen and oxygen atoms in total. The van der Waals surface area contributed by atoms with Crippen molar-refractivity contribution in [3.8, 4) is 0 Å². The standard InChI is InChI=1S/C17H22FN3O3/c1-10(2)23-9-13-8-17(4,21-16(19)24-13)14-7-12(20-11(3)22)5-6-15(14)18/h5-8,10H,9H2,1-4H3,(H2,19,21)(H,20,22)/t17-/m0/s1. The molecule has 1 heterocycles. The Kier molecular flexibility index (Phi) is 5.23. The van der Waals surface area contributed by atoms with E-state index in [-0.39, 0.29) is 30.2 Å². The summed E-state index contributed by atoms with van der Waals surface area (Å²) in [6.07, 6.45) is 1.68. The molecule has 0 radical (unpaired) electrons. The van der Waals surface area contributed by atoms with Crippen molar-refractivity contribution in [1.82, 2.24) is 0 Å². The van der Waals surface area contributed by atoms with Gasteiger partial charge in [-0.1, -0.05) is 0 Å². The molecule has 1 aliphatic rings. The molecule has 0 bridgehead atoms. The number of anilines is 1. The van der Waals surface area contributed by atoms with Crippen LogP contribution in [0.1, 0.15) is 33.3 Å². The van der Waals surface area contributed by atoms with E-state index in [0.717, 1.165) is 0 Å². The molecule has 0 fully saturated rings. The third-order valence-corrected chi connectivity index (χ3v) is 3.41. The fourth-order valence-corrected chi connectivity index (χ4v) is 2.41. The Morgan fingerprint density at radius 2 is 2.21 bits per heavy atom. The Morgan fingerprint density at radius 1 is 1.50 bits per heavy atom. The molecule has 130 valence electrons. The molecule has 1 aromatic rings. The molecular weight excluding hydrogens is 313 g/mol. The molecule has 0 spiro atoms. The van der Waals surface area contributed by atoms with Gasteiger partial charge in [0, 0.05) is 18.2 Å². The SMILES string of the molecule is CC(=O)Nc1ccc(F)c([C@]2(C)C=C(COC(C)C)OC(N)=N2)c1. The van der Waals surface area contributed by atoms with Gasteiger partial charge in [-0.2, -0.15) is 0 Å². The minimum atomic E-state index is -1.06. The summed E-state index contributed by atoms with van der Waals surface area (Å²) in [4.78, 5) is 15.4. The highest BCUT2D eigenvalue weighted by Gasteiger charge is 2.32. The van der Waals surface area contributed by atoms with E-state index in [2.05, 4.69) is 10.3 Å². The molecular formula is C17H22FN3O3. The van der Waals surface area contributed by atoms with Gasteiger partial charge in [0.15, 0.2) is 0 Å². The number of hydrogen-bond donors (Lipinski definition) is 2. The van der Waals surface area contributed by atoms with Crippen LogP contribution in [-0.2, 0) is 19.8 Å². The van der Waals surface area contributed by atoms with Gasteiger partial charge in [-0.05, 0) is 45.0 Å². The lowest BCUT2D eigenvalue weighted by atomic mass is 9.90. The van der Waals surface area contributed by atoms with Gasteiger partial charge in [0.05, 0.1) is 6.10 Å². The van der Waals surface area contributed by atoms with E-state index in [1.807, 2.05) is 13.8 Å². The summed E-state index contributed by atoms with van der Waals surface area (Å²) in [5.41, 5.74) is 5.45. The summed E-state index contributed by atoms with van der Waals surface area (Å²) in [6.45, 7) is 7.11. The number of ether oxygens (including phenoxy) is 2. The largest absolute Gasteiger partial charge is 0.429 e. The lowest BCUT2D eigenvalue weighted by Crippen LogP contribution is -2.32. The number of amidine groups is 1. The first-order chi connectivity index (χ1) is 11.2. The second-order valence-corrected chi connectivity index (χ2v) is 6.05. The highest BCUT2D eigenvalue weighted by Crippen LogP contribution is 2.34. The monoisotopic (exact) mass is 335 g/mol. The molecule has 1 aromatic carbocycles. The zero-order valence-corrected chi connectivity index (χ0v) is 14.2. The van der Waals surface area contributed by atoms with Crippen LogP contribution in [0.25, 0.3) is 0 Å². The molecule has 0 aliphatic carbocycles. The van der Waals surface area contributed by atoms with E-state index >= 15 is 0 Å². The van der Waals surface area contributed by atoms with E-state index in [9.17, 15) is 9.18 Å². The van der Waals surface area contributed by atoms with Crippen LogP contribution in [0.3, 0.4) is 0 Å². The van der Waals surface area contributed by atoms with Crippen LogP contribution in [0.5, 0.6) is 0 Å². The van der Waals surface area contributed by atoms with Crippen LogP contribution in [0, 0.1) is 5.82 Å². The van der Waals surface area contributed by atoms with Gasteiger partial charge < -0.3 is 20.5 Å². The maximum absolute atomic E-state index is 14.4. The van der Waals surface area contributed by atoms with Gasteiger partial charge in [-0.3, -0.25) is 4.79 Å². The molecule has 0 saturated carbocycles. The van der Waals surface area contributed by atoms with Gasteiger partial charge in [-0.25, -0.2) is 9.38 Å². The van der Waals surface area contributed by atoms with Crippen molar-refractivity contribution in [3.63, 3.8) is 0 Å². The maximum atomic E-state index is 14.4. The third kappa shape index (κ3) is 4.32. The highest BCUT2D eigenvalue weighted by atomic mass is 19.1. The maximum Gasteiger partial charge on any atom is 0.288 e. The van der Waals surface area contributed by atoms with Gasteiger partial charge in [0.1, 0.15) is 23.7 Å². The van der Waals surface area contributed by atoms with E-state index in [1.54, 1.807) is 13.0 Å². The zero-order chi connectivity index (χ0) is 17.9.